The summed E-state index contributed by atoms with van der Waals surface area (Å²) < 4.78 is 19.0. The van der Waals surface area contributed by atoms with Crippen LogP contribution in [-0.4, -0.2) is 56.7 Å². The van der Waals surface area contributed by atoms with Crippen molar-refractivity contribution in [1.29, 1.82) is 0 Å². The van der Waals surface area contributed by atoms with Crippen LogP contribution >= 0.6 is 0 Å². The van der Waals surface area contributed by atoms with Gasteiger partial charge in [-0.1, -0.05) is 26.0 Å². The summed E-state index contributed by atoms with van der Waals surface area (Å²) in [4.78, 5) is 20.5. The van der Waals surface area contributed by atoms with E-state index in [2.05, 4.69) is 22.0 Å². The number of ether oxygens (including phenoxy) is 3. The van der Waals surface area contributed by atoms with Crippen LogP contribution in [0, 0.1) is 6.92 Å². The number of aliphatic carboxylic acids is 1. The van der Waals surface area contributed by atoms with Crippen LogP contribution in [-0.2, 0) is 28.9 Å². The predicted molar refractivity (Wildman–Crippen MR) is 124 cm³/mol. The first-order valence-corrected chi connectivity index (χ1v) is 11.4. The Bertz CT molecular complexity index is 1060. The fourth-order valence-corrected chi connectivity index (χ4v) is 3.53. The number of fused-ring (bicyclic) bond motifs is 1. The maximum atomic E-state index is 11.3. The zero-order valence-electron chi connectivity index (χ0n) is 19.7. The molecule has 0 aliphatic carbocycles. The highest BCUT2D eigenvalue weighted by Crippen LogP contribution is 2.25. The van der Waals surface area contributed by atoms with Crippen molar-refractivity contribution in [3.63, 3.8) is 0 Å². The van der Waals surface area contributed by atoms with Gasteiger partial charge in [0.15, 0.2) is 6.10 Å². The molecule has 3 aromatic rings. The number of aryl methyl sites for hydroxylation is 3. The minimum absolute atomic E-state index is 0.306. The van der Waals surface area contributed by atoms with Gasteiger partial charge in [-0.2, -0.15) is 10.1 Å². The molecule has 0 aliphatic rings. The molecule has 1 atom stereocenters. The van der Waals surface area contributed by atoms with Gasteiger partial charge in [0.2, 0.25) is 5.88 Å². The lowest BCUT2D eigenvalue weighted by atomic mass is 10.1. The van der Waals surface area contributed by atoms with Crippen molar-refractivity contribution in [2.45, 2.75) is 59.6 Å². The largest absolute Gasteiger partial charge is 0.490 e. The quantitative estimate of drug-likeness (QED) is 0.389. The van der Waals surface area contributed by atoms with E-state index in [1.54, 1.807) is 6.92 Å². The summed E-state index contributed by atoms with van der Waals surface area (Å²) in [6.45, 7) is 9.62. The van der Waals surface area contributed by atoms with Gasteiger partial charge in [-0.25, -0.2) is 9.78 Å². The van der Waals surface area contributed by atoms with Crippen LogP contribution in [0.2, 0.25) is 0 Å². The second kappa shape index (κ2) is 11.6. The summed E-state index contributed by atoms with van der Waals surface area (Å²) in [6.07, 6.45) is 1.11. The number of benzene rings is 1. The summed E-state index contributed by atoms with van der Waals surface area (Å²) in [5.41, 5.74) is 3.38. The molecule has 178 valence electrons. The number of aromatic nitrogens is 4. The summed E-state index contributed by atoms with van der Waals surface area (Å²) in [5, 5.41) is 13.8. The lowest BCUT2D eigenvalue weighted by molar-refractivity contribution is -0.149. The molecule has 3 rings (SSSR count). The molecule has 33 heavy (non-hydrogen) atoms. The molecule has 2 heterocycles. The maximum Gasteiger partial charge on any atom is 0.333 e. The molecule has 0 amide bonds. The number of hydrogen-bond acceptors (Lipinski definition) is 7. The van der Waals surface area contributed by atoms with Crippen molar-refractivity contribution in [1.82, 2.24) is 19.7 Å². The van der Waals surface area contributed by atoms with E-state index in [1.165, 1.54) is 0 Å². The average molecular weight is 457 g/mol. The van der Waals surface area contributed by atoms with Crippen LogP contribution in [0.25, 0.3) is 11.0 Å². The second-order valence-corrected chi connectivity index (χ2v) is 7.63. The van der Waals surface area contributed by atoms with Crippen molar-refractivity contribution < 1.29 is 24.1 Å². The highest BCUT2D eigenvalue weighted by atomic mass is 16.5. The fraction of sp³-hybridized carbons (Fsp3) is 0.500. The summed E-state index contributed by atoms with van der Waals surface area (Å²) in [5.74, 6) is 0.967. The molecule has 0 aliphatic heterocycles. The van der Waals surface area contributed by atoms with E-state index in [0.29, 0.717) is 44.3 Å². The average Bonchev–Trinajstić information content (AvgIpc) is 3.12. The molecule has 0 radical (unpaired) electrons. The Balaban J connectivity index is 1.61. The third-order valence-corrected chi connectivity index (χ3v) is 5.10. The molecule has 1 unspecified atom stereocenters. The first-order chi connectivity index (χ1) is 16.0. The topological polar surface area (TPSA) is 109 Å². The Hall–Kier alpha value is -3.20. The molecule has 0 spiro atoms. The smallest absolute Gasteiger partial charge is 0.333 e. The molecule has 2 aromatic heterocycles. The molecule has 9 nitrogen and oxygen atoms in total. The third kappa shape index (κ3) is 6.19. The molecule has 0 fully saturated rings. The molecular weight excluding hydrogens is 424 g/mol. The van der Waals surface area contributed by atoms with Gasteiger partial charge < -0.3 is 19.3 Å². The van der Waals surface area contributed by atoms with Crippen LogP contribution < -0.4 is 9.47 Å². The maximum absolute atomic E-state index is 11.3. The van der Waals surface area contributed by atoms with E-state index >= 15 is 0 Å². The van der Waals surface area contributed by atoms with Crippen LogP contribution in [0.3, 0.4) is 0 Å². The minimum atomic E-state index is -0.963. The SMILES string of the molecule is CCCn1nc(C)c2nc(CC)nc(OCCOc3ccc(CC(OCC)C(=O)O)cc3)c21. The summed E-state index contributed by atoms with van der Waals surface area (Å²) in [7, 11) is 0. The molecule has 0 bridgehead atoms. The Kier molecular flexibility index (Phi) is 8.59. The van der Waals surface area contributed by atoms with Crippen molar-refractivity contribution in [2.24, 2.45) is 0 Å². The first-order valence-electron chi connectivity index (χ1n) is 11.4. The van der Waals surface area contributed by atoms with Gasteiger partial charge in [0, 0.05) is 26.0 Å². The summed E-state index contributed by atoms with van der Waals surface area (Å²) >= 11 is 0. The van der Waals surface area contributed by atoms with Crippen molar-refractivity contribution in [2.75, 3.05) is 19.8 Å². The minimum Gasteiger partial charge on any atom is -0.490 e. The van der Waals surface area contributed by atoms with Crippen molar-refractivity contribution in [3.8, 4) is 11.6 Å². The lowest BCUT2D eigenvalue weighted by Gasteiger charge is -2.13. The Morgan fingerprint density at radius 2 is 1.82 bits per heavy atom. The van der Waals surface area contributed by atoms with Gasteiger partial charge in [-0.05, 0) is 38.0 Å². The van der Waals surface area contributed by atoms with E-state index in [-0.39, 0.29) is 0 Å². The molecule has 1 aromatic carbocycles. The second-order valence-electron chi connectivity index (χ2n) is 7.63. The van der Waals surface area contributed by atoms with E-state index in [4.69, 9.17) is 14.2 Å². The highest BCUT2D eigenvalue weighted by Gasteiger charge is 2.18. The van der Waals surface area contributed by atoms with Gasteiger partial charge in [-0.3, -0.25) is 4.68 Å². The molecule has 1 N–H and O–H groups in total. The van der Waals surface area contributed by atoms with Gasteiger partial charge in [0.05, 0.1) is 5.69 Å². The molecule has 0 saturated carbocycles. The van der Waals surface area contributed by atoms with Crippen LogP contribution in [0.15, 0.2) is 24.3 Å². The Morgan fingerprint density at radius 3 is 2.45 bits per heavy atom. The van der Waals surface area contributed by atoms with Gasteiger partial charge in [0.1, 0.15) is 35.8 Å². The third-order valence-electron chi connectivity index (χ3n) is 5.10. The Morgan fingerprint density at radius 1 is 1.09 bits per heavy atom. The number of hydrogen-bond donors (Lipinski definition) is 1. The standard InChI is InChI=1S/C24H32N4O5/c1-5-12-28-22-21(16(4)27-28)25-20(6-2)26-23(22)33-14-13-32-18-10-8-17(9-11-18)15-19(24(29)30)31-7-3/h8-11,19H,5-7,12-15H2,1-4H3,(H,29,30). The number of rotatable bonds is 13. The monoisotopic (exact) mass is 456 g/mol. The van der Waals surface area contributed by atoms with Crippen molar-refractivity contribution in [3.05, 3.63) is 41.3 Å². The Labute approximate surface area is 193 Å². The van der Waals surface area contributed by atoms with E-state index in [0.717, 1.165) is 41.1 Å². The molecule has 9 heteroatoms. The number of nitrogens with zero attached hydrogens (tertiary/aromatic N) is 4. The normalized spacial score (nSPS) is 12.1. The van der Waals surface area contributed by atoms with Crippen LogP contribution in [0.4, 0.5) is 0 Å². The van der Waals surface area contributed by atoms with Gasteiger partial charge >= 0.3 is 5.97 Å². The summed E-state index contributed by atoms with van der Waals surface area (Å²) in [6, 6.07) is 7.33. The zero-order valence-corrected chi connectivity index (χ0v) is 19.7. The van der Waals surface area contributed by atoms with E-state index in [1.807, 2.05) is 42.8 Å². The number of carbonyl (C=O) groups is 1. The van der Waals surface area contributed by atoms with E-state index < -0.39 is 12.1 Å². The van der Waals surface area contributed by atoms with Crippen LogP contribution in [0.1, 0.15) is 44.3 Å². The molecular formula is C24H32N4O5. The predicted octanol–water partition coefficient (Wildman–Crippen LogP) is 3.60. The zero-order chi connectivity index (χ0) is 23.8. The number of carboxylic acids is 1. The lowest BCUT2D eigenvalue weighted by Crippen LogP contribution is -2.26. The first kappa shape index (κ1) is 24.4. The van der Waals surface area contributed by atoms with E-state index in [9.17, 15) is 9.90 Å². The number of carboxylic acid groups (broad SMARTS) is 1. The van der Waals surface area contributed by atoms with Crippen LogP contribution in [0.5, 0.6) is 11.6 Å². The molecule has 0 saturated heterocycles. The fourth-order valence-electron chi connectivity index (χ4n) is 3.53. The van der Waals surface area contributed by atoms with Gasteiger partial charge in [0.25, 0.3) is 0 Å². The van der Waals surface area contributed by atoms with Gasteiger partial charge in [-0.15, -0.1) is 0 Å². The highest BCUT2D eigenvalue weighted by molar-refractivity contribution is 5.82. The van der Waals surface area contributed by atoms with Crippen molar-refractivity contribution >= 4 is 17.0 Å².